The van der Waals surface area contributed by atoms with Crippen molar-refractivity contribution in [3.63, 3.8) is 0 Å². The molecular weight excluding hydrogens is 475 g/mol. The Bertz CT molecular complexity index is 1060. The zero-order valence-corrected chi connectivity index (χ0v) is 23.5. The van der Waals surface area contributed by atoms with Crippen LogP contribution >= 0.6 is 7.37 Å². The first-order chi connectivity index (χ1) is 16.8. The second-order valence-corrected chi connectivity index (χ2v) is 15.0. The van der Waals surface area contributed by atoms with Gasteiger partial charge in [-0.2, -0.15) is 0 Å². The topological polar surface area (TPSA) is 60.4 Å². The third-order valence-corrected chi connectivity index (χ3v) is 12.4. The Labute approximate surface area is 213 Å². The van der Waals surface area contributed by atoms with Crippen molar-refractivity contribution in [2.45, 2.75) is 83.3 Å². The summed E-state index contributed by atoms with van der Waals surface area (Å²) in [5, 5.41) is 0. The van der Waals surface area contributed by atoms with Gasteiger partial charge in [-0.25, -0.2) is 8.42 Å². The SMILES string of the molecule is CCCCOP(=O)(CCCC)CCCCC1(S(=O)(=O)CCCC)c2ccccc2-c2ccccc21. The van der Waals surface area contributed by atoms with Crippen molar-refractivity contribution in [2.24, 2.45) is 0 Å². The summed E-state index contributed by atoms with van der Waals surface area (Å²) in [5.74, 6) is 0.182. The van der Waals surface area contributed by atoms with Gasteiger partial charge in [0.25, 0.3) is 0 Å². The highest BCUT2D eigenvalue weighted by molar-refractivity contribution is 7.92. The van der Waals surface area contributed by atoms with E-state index in [1.165, 1.54) is 0 Å². The van der Waals surface area contributed by atoms with Crippen molar-refractivity contribution < 1.29 is 17.5 Å². The molecule has 4 nitrogen and oxygen atoms in total. The lowest BCUT2D eigenvalue weighted by atomic mass is 9.90. The highest BCUT2D eigenvalue weighted by Gasteiger charge is 2.51. The van der Waals surface area contributed by atoms with Crippen LogP contribution in [0.2, 0.25) is 0 Å². The molecule has 0 saturated heterocycles. The summed E-state index contributed by atoms with van der Waals surface area (Å²) in [6, 6.07) is 16.0. The minimum absolute atomic E-state index is 0.182. The molecule has 1 aliphatic rings. The van der Waals surface area contributed by atoms with Crippen LogP contribution in [0.15, 0.2) is 48.5 Å². The molecule has 1 aliphatic carbocycles. The summed E-state index contributed by atoms with van der Waals surface area (Å²) in [7, 11) is -6.15. The predicted molar refractivity (Wildman–Crippen MR) is 148 cm³/mol. The van der Waals surface area contributed by atoms with E-state index in [1.54, 1.807) is 0 Å². The van der Waals surface area contributed by atoms with Crippen LogP contribution in [0.4, 0.5) is 0 Å². The molecule has 194 valence electrons. The van der Waals surface area contributed by atoms with E-state index >= 15 is 0 Å². The van der Waals surface area contributed by atoms with Gasteiger partial charge < -0.3 is 4.52 Å². The molecule has 1 unspecified atom stereocenters. The van der Waals surface area contributed by atoms with Crippen molar-refractivity contribution in [3.05, 3.63) is 59.7 Å². The molecule has 3 rings (SSSR count). The number of hydrogen-bond acceptors (Lipinski definition) is 4. The standard InChI is InChI=1S/C29H43O4PS/c1-4-7-21-33-34(30,22-8-5-2)23-15-14-20-29(35(31,32)24-9-6-3)27-18-12-10-16-25(27)26-17-11-13-19-28(26)29/h10-13,16-19H,4-9,14-15,20-24H2,1-3H3. The van der Waals surface area contributed by atoms with Gasteiger partial charge in [0.1, 0.15) is 4.75 Å². The third kappa shape index (κ3) is 6.12. The molecular formula is C29H43O4PS. The Morgan fingerprint density at radius 3 is 1.86 bits per heavy atom. The van der Waals surface area contributed by atoms with Crippen LogP contribution in [0.3, 0.4) is 0 Å². The first-order valence-corrected chi connectivity index (χ1v) is 17.1. The van der Waals surface area contributed by atoms with Gasteiger partial charge in [-0.15, -0.1) is 0 Å². The molecule has 0 N–H and O–H groups in total. The van der Waals surface area contributed by atoms with Gasteiger partial charge in [-0.3, -0.25) is 4.57 Å². The molecule has 2 aromatic rings. The van der Waals surface area contributed by atoms with E-state index in [-0.39, 0.29) is 5.75 Å². The molecule has 2 aromatic carbocycles. The molecule has 0 saturated carbocycles. The molecule has 0 aromatic heterocycles. The molecule has 35 heavy (non-hydrogen) atoms. The molecule has 0 spiro atoms. The van der Waals surface area contributed by atoms with Crippen molar-refractivity contribution in [1.29, 1.82) is 0 Å². The number of benzene rings is 2. The van der Waals surface area contributed by atoms with Crippen LogP contribution in [0.25, 0.3) is 11.1 Å². The maximum Gasteiger partial charge on any atom is 0.203 e. The fraction of sp³-hybridized carbons (Fsp3) is 0.586. The van der Waals surface area contributed by atoms with E-state index < -0.39 is 22.0 Å². The average molecular weight is 519 g/mol. The second kappa shape index (κ2) is 12.7. The normalized spacial score (nSPS) is 16.0. The summed E-state index contributed by atoms with van der Waals surface area (Å²) >= 11 is 0. The Morgan fingerprint density at radius 2 is 1.29 bits per heavy atom. The Balaban J connectivity index is 1.89. The van der Waals surface area contributed by atoms with Gasteiger partial charge in [0.15, 0.2) is 9.84 Å². The third-order valence-electron chi connectivity index (χ3n) is 7.27. The molecule has 6 heteroatoms. The van der Waals surface area contributed by atoms with Gasteiger partial charge in [-0.05, 0) is 54.4 Å². The summed E-state index contributed by atoms with van der Waals surface area (Å²) in [4.78, 5) is 0. The Kier molecular flexibility index (Phi) is 10.2. The number of sulfone groups is 1. The zero-order chi connectivity index (χ0) is 25.4. The van der Waals surface area contributed by atoms with Crippen molar-refractivity contribution >= 4 is 17.2 Å². The van der Waals surface area contributed by atoms with Gasteiger partial charge in [0.2, 0.25) is 7.37 Å². The molecule has 1 atom stereocenters. The minimum atomic E-state index is -3.46. The van der Waals surface area contributed by atoms with E-state index in [9.17, 15) is 13.0 Å². The number of hydrogen-bond donors (Lipinski definition) is 0. The maximum absolute atomic E-state index is 14.1. The first-order valence-electron chi connectivity index (χ1n) is 13.5. The van der Waals surface area contributed by atoms with Crippen LogP contribution < -0.4 is 0 Å². The zero-order valence-electron chi connectivity index (χ0n) is 21.8. The maximum atomic E-state index is 14.1. The smallest absolute Gasteiger partial charge is 0.203 e. The van der Waals surface area contributed by atoms with E-state index in [1.807, 2.05) is 55.5 Å². The van der Waals surface area contributed by atoms with Gasteiger partial charge in [0, 0.05) is 12.3 Å². The van der Waals surface area contributed by atoms with Gasteiger partial charge in [0.05, 0.1) is 12.4 Å². The fourth-order valence-corrected chi connectivity index (χ4v) is 10.2. The monoisotopic (exact) mass is 518 g/mol. The molecule has 0 bridgehead atoms. The Hall–Kier alpha value is -1.42. The van der Waals surface area contributed by atoms with Crippen LogP contribution in [-0.2, 0) is 23.7 Å². The summed E-state index contributed by atoms with van der Waals surface area (Å²) in [6.45, 7) is 6.80. The van der Waals surface area contributed by atoms with Gasteiger partial charge in [-0.1, -0.05) is 95.0 Å². The highest BCUT2D eigenvalue weighted by Crippen LogP contribution is 2.55. The molecule has 0 heterocycles. The first kappa shape index (κ1) is 28.2. The van der Waals surface area contributed by atoms with E-state index in [0.29, 0.717) is 44.6 Å². The number of rotatable bonds is 16. The van der Waals surface area contributed by atoms with Gasteiger partial charge >= 0.3 is 0 Å². The fourth-order valence-electron chi connectivity index (χ4n) is 5.30. The van der Waals surface area contributed by atoms with Crippen LogP contribution in [0, 0.1) is 0 Å². The largest absolute Gasteiger partial charge is 0.328 e. The summed E-state index contributed by atoms with van der Waals surface area (Å²) in [6.07, 6.45) is 8.41. The van der Waals surface area contributed by atoms with Crippen molar-refractivity contribution in [3.8, 4) is 11.1 Å². The molecule has 0 amide bonds. The summed E-state index contributed by atoms with van der Waals surface area (Å²) in [5.41, 5.74) is 3.87. The second-order valence-electron chi connectivity index (χ2n) is 9.85. The lowest BCUT2D eigenvalue weighted by molar-refractivity contribution is 0.304. The number of fused-ring (bicyclic) bond motifs is 3. The quantitative estimate of drug-likeness (QED) is 0.166. The van der Waals surface area contributed by atoms with Crippen LogP contribution in [0.1, 0.15) is 89.7 Å². The Morgan fingerprint density at radius 1 is 0.743 bits per heavy atom. The molecule has 0 aliphatic heterocycles. The van der Waals surface area contributed by atoms with Crippen molar-refractivity contribution in [2.75, 3.05) is 24.7 Å². The van der Waals surface area contributed by atoms with E-state index in [2.05, 4.69) is 13.8 Å². The number of unbranched alkanes of at least 4 members (excludes halogenated alkanes) is 4. The highest BCUT2D eigenvalue weighted by atomic mass is 32.2. The van der Waals surface area contributed by atoms with Crippen LogP contribution in [0.5, 0.6) is 0 Å². The molecule has 0 fully saturated rings. The minimum Gasteiger partial charge on any atom is -0.328 e. The average Bonchev–Trinajstić information content (AvgIpc) is 3.16. The summed E-state index contributed by atoms with van der Waals surface area (Å²) < 4.78 is 46.6. The van der Waals surface area contributed by atoms with Crippen molar-refractivity contribution in [1.82, 2.24) is 0 Å². The van der Waals surface area contributed by atoms with E-state index in [0.717, 1.165) is 54.4 Å². The van der Waals surface area contributed by atoms with Crippen LogP contribution in [-0.4, -0.2) is 33.1 Å². The molecule has 0 radical (unpaired) electrons. The lowest BCUT2D eigenvalue weighted by Gasteiger charge is -2.32. The lowest BCUT2D eigenvalue weighted by Crippen LogP contribution is -2.37. The predicted octanol–water partition coefficient (Wildman–Crippen LogP) is 8.19. The van der Waals surface area contributed by atoms with E-state index in [4.69, 9.17) is 4.52 Å².